The molecule has 0 radical (unpaired) electrons. The van der Waals surface area contributed by atoms with Gasteiger partial charge in [0.1, 0.15) is 0 Å². The third-order valence-electron chi connectivity index (χ3n) is 3.58. The van der Waals surface area contributed by atoms with Crippen LogP contribution in [0.15, 0.2) is 27.6 Å². The highest BCUT2D eigenvalue weighted by Gasteiger charge is 2.29. The second kappa shape index (κ2) is 6.43. The molecule has 1 aromatic rings. The smallest absolute Gasteiger partial charge is 0.252 e. The van der Waals surface area contributed by atoms with Crippen LogP contribution >= 0.6 is 15.9 Å². The number of rotatable bonds is 4. The van der Waals surface area contributed by atoms with E-state index in [0.29, 0.717) is 4.47 Å². The number of carbonyl (C=O) groups is 1. The number of hydrogen-bond acceptors (Lipinski definition) is 4. The van der Waals surface area contributed by atoms with E-state index in [-0.39, 0.29) is 28.5 Å². The standard InChI is InChI=1S/C13H17BrN2O4S/c1-20-12-4-2-3-11(12)16-13(17)9-7-8(21(15,18)19)5-6-10(9)14/h5-7,11-12H,2-4H2,1H3,(H,16,17)(H2,15,18,19). The average Bonchev–Trinajstić information content (AvgIpc) is 2.84. The number of ether oxygens (including phenoxy) is 1. The molecule has 1 aliphatic carbocycles. The Hall–Kier alpha value is -0.960. The number of methoxy groups -OCH3 is 1. The topological polar surface area (TPSA) is 98.5 Å². The molecule has 2 atom stereocenters. The van der Waals surface area contributed by atoms with Crippen LogP contribution in [0, 0.1) is 0 Å². The normalized spacial score (nSPS) is 22.2. The minimum atomic E-state index is -3.84. The molecule has 21 heavy (non-hydrogen) atoms. The molecule has 0 aliphatic heterocycles. The first-order valence-corrected chi connectivity index (χ1v) is 8.83. The first-order valence-electron chi connectivity index (χ1n) is 6.49. The predicted octanol–water partition coefficient (Wildman–Crippen LogP) is 1.39. The van der Waals surface area contributed by atoms with Gasteiger partial charge in [-0.25, -0.2) is 13.6 Å². The Kier molecular flexibility index (Phi) is 5.03. The van der Waals surface area contributed by atoms with E-state index in [4.69, 9.17) is 9.88 Å². The SMILES string of the molecule is COC1CCCC1NC(=O)c1cc(S(N)(=O)=O)ccc1Br. The Bertz CT molecular complexity index is 648. The van der Waals surface area contributed by atoms with Gasteiger partial charge in [-0.3, -0.25) is 4.79 Å². The van der Waals surface area contributed by atoms with Gasteiger partial charge in [0.2, 0.25) is 10.0 Å². The number of nitrogens with one attached hydrogen (secondary N) is 1. The molecular formula is C13H17BrN2O4S. The van der Waals surface area contributed by atoms with Crippen LogP contribution < -0.4 is 10.5 Å². The van der Waals surface area contributed by atoms with Crippen LogP contribution in [0.25, 0.3) is 0 Å². The molecule has 8 heteroatoms. The molecule has 116 valence electrons. The average molecular weight is 377 g/mol. The highest BCUT2D eigenvalue weighted by molar-refractivity contribution is 9.10. The van der Waals surface area contributed by atoms with Crippen molar-refractivity contribution in [2.45, 2.75) is 36.3 Å². The summed E-state index contributed by atoms with van der Waals surface area (Å²) in [5.41, 5.74) is 0.239. The molecule has 1 fully saturated rings. The second-order valence-corrected chi connectivity index (χ2v) is 7.39. The molecule has 1 aromatic carbocycles. The molecule has 3 N–H and O–H groups in total. The molecule has 6 nitrogen and oxygen atoms in total. The molecule has 1 aliphatic rings. The monoisotopic (exact) mass is 376 g/mol. The third-order valence-corrected chi connectivity index (χ3v) is 5.19. The van der Waals surface area contributed by atoms with Gasteiger partial charge in [-0.05, 0) is 53.4 Å². The van der Waals surface area contributed by atoms with Gasteiger partial charge in [-0.1, -0.05) is 0 Å². The molecule has 2 rings (SSSR count). The van der Waals surface area contributed by atoms with Gasteiger partial charge in [0.15, 0.2) is 0 Å². The van der Waals surface area contributed by atoms with E-state index in [9.17, 15) is 13.2 Å². The number of benzene rings is 1. The Morgan fingerprint density at radius 2 is 2.14 bits per heavy atom. The summed E-state index contributed by atoms with van der Waals surface area (Å²) in [7, 11) is -2.23. The van der Waals surface area contributed by atoms with Crippen molar-refractivity contribution < 1.29 is 17.9 Å². The number of nitrogens with two attached hydrogens (primary N) is 1. The van der Waals surface area contributed by atoms with Crippen molar-refractivity contribution >= 4 is 31.9 Å². The molecule has 1 saturated carbocycles. The van der Waals surface area contributed by atoms with Gasteiger partial charge in [-0.15, -0.1) is 0 Å². The number of halogens is 1. The van der Waals surface area contributed by atoms with Gasteiger partial charge >= 0.3 is 0 Å². The largest absolute Gasteiger partial charge is 0.379 e. The Morgan fingerprint density at radius 1 is 1.43 bits per heavy atom. The molecule has 0 saturated heterocycles. The Morgan fingerprint density at radius 3 is 2.76 bits per heavy atom. The summed E-state index contributed by atoms with van der Waals surface area (Å²) in [4.78, 5) is 12.2. The van der Waals surface area contributed by atoms with Crippen LogP contribution in [0.4, 0.5) is 0 Å². The number of carbonyl (C=O) groups excluding carboxylic acids is 1. The van der Waals surface area contributed by atoms with E-state index in [1.807, 2.05) is 0 Å². The van der Waals surface area contributed by atoms with Crippen molar-refractivity contribution in [3.8, 4) is 0 Å². The predicted molar refractivity (Wildman–Crippen MR) is 81.4 cm³/mol. The lowest BCUT2D eigenvalue weighted by atomic mass is 10.1. The van der Waals surface area contributed by atoms with E-state index >= 15 is 0 Å². The van der Waals surface area contributed by atoms with Gasteiger partial charge < -0.3 is 10.1 Å². The zero-order valence-corrected chi connectivity index (χ0v) is 13.9. The van der Waals surface area contributed by atoms with Crippen molar-refractivity contribution in [3.05, 3.63) is 28.2 Å². The number of sulfonamides is 1. The zero-order valence-electron chi connectivity index (χ0n) is 11.5. The summed E-state index contributed by atoms with van der Waals surface area (Å²) in [6, 6.07) is 4.05. The summed E-state index contributed by atoms with van der Waals surface area (Å²) < 4.78 is 28.6. The second-order valence-electron chi connectivity index (χ2n) is 4.97. The quantitative estimate of drug-likeness (QED) is 0.829. The lowest BCUT2D eigenvalue weighted by molar-refractivity contribution is 0.0721. The lowest BCUT2D eigenvalue weighted by Gasteiger charge is -2.20. The molecular weight excluding hydrogens is 360 g/mol. The molecule has 1 amide bonds. The van der Waals surface area contributed by atoms with Crippen LogP contribution in [0.2, 0.25) is 0 Å². The molecule has 2 unspecified atom stereocenters. The van der Waals surface area contributed by atoms with Crippen LogP contribution in [-0.2, 0) is 14.8 Å². The van der Waals surface area contributed by atoms with Crippen LogP contribution in [0.1, 0.15) is 29.6 Å². The van der Waals surface area contributed by atoms with E-state index in [1.54, 1.807) is 7.11 Å². The number of hydrogen-bond donors (Lipinski definition) is 2. The molecule has 0 bridgehead atoms. The first kappa shape index (κ1) is 16.4. The van der Waals surface area contributed by atoms with Crippen molar-refractivity contribution in [1.29, 1.82) is 0 Å². The van der Waals surface area contributed by atoms with E-state index < -0.39 is 10.0 Å². The lowest BCUT2D eigenvalue weighted by Crippen LogP contribution is -2.40. The van der Waals surface area contributed by atoms with E-state index in [0.717, 1.165) is 19.3 Å². The third kappa shape index (κ3) is 3.82. The summed E-state index contributed by atoms with van der Waals surface area (Å²) in [5, 5.41) is 7.97. The van der Waals surface area contributed by atoms with Gasteiger partial charge in [-0.2, -0.15) is 0 Å². The maximum Gasteiger partial charge on any atom is 0.252 e. The molecule has 0 aromatic heterocycles. The summed E-state index contributed by atoms with van der Waals surface area (Å²) >= 11 is 3.25. The Labute approximate surface area is 132 Å². The minimum Gasteiger partial charge on any atom is -0.379 e. The van der Waals surface area contributed by atoms with Crippen molar-refractivity contribution in [2.24, 2.45) is 5.14 Å². The van der Waals surface area contributed by atoms with Crippen molar-refractivity contribution in [2.75, 3.05) is 7.11 Å². The van der Waals surface area contributed by atoms with Gasteiger partial charge in [0.05, 0.1) is 22.6 Å². The van der Waals surface area contributed by atoms with E-state index in [2.05, 4.69) is 21.2 Å². The highest BCUT2D eigenvalue weighted by atomic mass is 79.9. The summed E-state index contributed by atoms with van der Waals surface area (Å²) in [6.07, 6.45) is 2.73. The Balaban J connectivity index is 2.23. The van der Waals surface area contributed by atoms with Gasteiger partial charge in [0, 0.05) is 11.6 Å². The zero-order chi connectivity index (χ0) is 15.6. The highest BCUT2D eigenvalue weighted by Crippen LogP contribution is 2.24. The van der Waals surface area contributed by atoms with Gasteiger partial charge in [0.25, 0.3) is 5.91 Å². The fourth-order valence-corrected chi connectivity index (χ4v) is 3.44. The van der Waals surface area contributed by atoms with Crippen LogP contribution in [-0.4, -0.2) is 33.6 Å². The van der Waals surface area contributed by atoms with Crippen LogP contribution in [0.3, 0.4) is 0 Å². The summed E-state index contributed by atoms with van der Waals surface area (Å²) in [5.74, 6) is -0.346. The number of primary sulfonamides is 1. The first-order chi connectivity index (χ1) is 9.82. The van der Waals surface area contributed by atoms with Crippen molar-refractivity contribution in [1.82, 2.24) is 5.32 Å². The number of amides is 1. The summed E-state index contributed by atoms with van der Waals surface area (Å²) in [6.45, 7) is 0. The van der Waals surface area contributed by atoms with E-state index in [1.165, 1.54) is 18.2 Å². The molecule has 0 heterocycles. The van der Waals surface area contributed by atoms with Crippen molar-refractivity contribution in [3.63, 3.8) is 0 Å². The fourth-order valence-electron chi connectivity index (χ4n) is 2.47. The minimum absolute atomic E-state index is 0.00542. The fraction of sp³-hybridized carbons (Fsp3) is 0.462. The maximum atomic E-state index is 12.3. The van der Waals surface area contributed by atoms with Crippen LogP contribution in [0.5, 0.6) is 0 Å². The maximum absolute atomic E-state index is 12.3. The molecule has 0 spiro atoms.